The van der Waals surface area contributed by atoms with Crippen LogP contribution in [0.1, 0.15) is 10.4 Å². The molecule has 22 heavy (non-hydrogen) atoms. The molecule has 2 amide bonds. The molecule has 0 atom stereocenters. The molecule has 0 fully saturated rings. The van der Waals surface area contributed by atoms with Crippen molar-refractivity contribution in [3.63, 3.8) is 0 Å². The molecule has 2 aromatic rings. The maximum Gasteiger partial charge on any atom is 0.407 e. The fourth-order valence-corrected chi connectivity index (χ4v) is 2.04. The molecule has 2 N–H and O–H groups in total. The van der Waals surface area contributed by atoms with E-state index >= 15 is 0 Å². The summed E-state index contributed by atoms with van der Waals surface area (Å²) in [5.74, 6) is -0.168. The predicted octanol–water partition coefficient (Wildman–Crippen LogP) is 2.48. The van der Waals surface area contributed by atoms with Crippen LogP contribution in [0.4, 0.5) is 4.79 Å². The average molecular weight is 298 g/mol. The first-order valence-electron chi connectivity index (χ1n) is 7.00. The highest BCUT2D eigenvalue weighted by Gasteiger charge is 2.09. The average Bonchev–Trinajstić information content (AvgIpc) is 2.56. The molecule has 0 bridgehead atoms. The number of hydrogen-bond donors (Lipinski definition) is 2. The normalized spacial score (nSPS) is 10.0. The molecular weight excluding hydrogens is 280 g/mol. The van der Waals surface area contributed by atoms with E-state index in [0.717, 1.165) is 10.8 Å². The monoisotopic (exact) mass is 298 g/mol. The smallest absolute Gasteiger partial charge is 0.407 e. The van der Waals surface area contributed by atoms with Crippen LogP contribution in [-0.4, -0.2) is 31.7 Å². The van der Waals surface area contributed by atoms with Crippen molar-refractivity contribution in [1.82, 2.24) is 10.6 Å². The Balaban J connectivity index is 1.87. The Labute approximate surface area is 129 Å². The lowest BCUT2D eigenvalue weighted by Crippen LogP contribution is -2.35. The second-order valence-corrected chi connectivity index (χ2v) is 4.60. The summed E-state index contributed by atoms with van der Waals surface area (Å²) in [6, 6.07) is 13.3. The van der Waals surface area contributed by atoms with Gasteiger partial charge < -0.3 is 15.4 Å². The minimum absolute atomic E-state index is 0.161. The van der Waals surface area contributed by atoms with E-state index in [9.17, 15) is 9.59 Å². The molecule has 0 radical (unpaired) electrons. The highest BCUT2D eigenvalue weighted by Crippen LogP contribution is 2.18. The Bertz CT molecular complexity index is 677. The van der Waals surface area contributed by atoms with Gasteiger partial charge in [-0.3, -0.25) is 4.79 Å². The molecule has 0 aliphatic carbocycles. The van der Waals surface area contributed by atoms with Crippen molar-refractivity contribution in [1.29, 1.82) is 0 Å². The Kier molecular flexibility index (Phi) is 5.54. The zero-order valence-corrected chi connectivity index (χ0v) is 12.2. The Morgan fingerprint density at radius 2 is 1.77 bits per heavy atom. The van der Waals surface area contributed by atoms with Gasteiger partial charge in [0.2, 0.25) is 0 Å². The lowest BCUT2D eigenvalue weighted by molar-refractivity contribution is 0.0954. The van der Waals surface area contributed by atoms with E-state index in [0.29, 0.717) is 18.7 Å². The predicted molar refractivity (Wildman–Crippen MR) is 85.8 cm³/mol. The van der Waals surface area contributed by atoms with Gasteiger partial charge in [0.05, 0.1) is 0 Å². The minimum Gasteiger partial charge on any atom is -0.445 e. The summed E-state index contributed by atoms with van der Waals surface area (Å²) < 4.78 is 4.76. The van der Waals surface area contributed by atoms with Crippen LogP contribution in [0.2, 0.25) is 0 Å². The van der Waals surface area contributed by atoms with Gasteiger partial charge in [0.1, 0.15) is 6.61 Å². The van der Waals surface area contributed by atoms with Gasteiger partial charge in [-0.15, -0.1) is 0 Å². The fourth-order valence-electron chi connectivity index (χ4n) is 2.04. The summed E-state index contributed by atoms with van der Waals surface area (Å²) in [4.78, 5) is 23.4. The molecular formula is C17H18N2O3. The SMILES string of the molecule is C=CCOC(=O)NCCNC(=O)c1cccc2ccccc12. The Morgan fingerprint density at radius 1 is 1.05 bits per heavy atom. The van der Waals surface area contributed by atoms with Gasteiger partial charge in [0.25, 0.3) is 5.91 Å². The lowest BCUT2D eigenvalue weighted by atomic mass is 10.0. The van der Waals surface area contributed by atoms with Crippen molar-refractivity contribution < 1.29 is 14.3 Å². The summed E-state index contributed by atoms with van der Waals surface area (Å²) >= 11 is 0. The van der Waals surface area contributed by atoms with E-state index in [1.807, 2.05) is 36.4 Å². The first-order valence-corrected chi connectivity index (χ1v) is 7.00. The molecule has 0 heterocycles. The van der Waals surface area contributed by atoms with Crippen LogP contribution in [0.15, 0.2) is 55.1 Å². The van der Waals surface area contributed by atoms with Crippen LogP contribution < -0.4 is 10.6 Å². The molecule has 2 rings (SSSR count). The van der Waals surface area contributed by atoms with E-state index in [2.05, 4.69) is 17.2 Å². The second-order valence-electron chi connectivity index (χ2n) is 4.60. The first-order chi connectivity index (χ1) is 10.7. The van der Waals surface area contributed by atoms with Crippen LogP contribution in [0, 0.1) is 0 Å². The maximum atomic E-state index is 12.2. The molecule has 0 saturated carbocycles. The van der Waals surface area contributed by atoms with Gasteiger partial charge >= 0.3 is 6.09 Å². The van der Waals surface area contributed by atoms with Crippen molar-refractivity contribution in [2.24, 2.45) is 0 Å². The van der Waals surface area contributed by atoms with Gasteiger partial charge in [-0.1, -0.05) is 49.1 Å². The zero-order chi connectivity index (χ0) is 15.8. The Morgan fingerprint density at radius 3 is 2.59 bits per heavy atom. The van der Waals surface area contributed by atoms with Crippen LogP contribution in [0.3, 0.4) is 0 Å². The highest BCUT2D eigenvalue weighted by molar-refractivity contribution is 6.06. The van der Waals surface area contributed by atoms with E-state index in [1.54, 1.807) is 6.07 Å². The molecule has 0 aliphatic rings. The third-order valence-corrected chi connectivity index (χ3v) is 3.05. The molecule has 0 spiro atoms. The summed E-state index contributed by atoms with van der Waals surface area (Å²) in [6.07, 6.45) is 0.960. The summed E-state index contributed by atoms with van der Waals surface area (Å²) in [5, 5.41) is 7.23. The first kappa shape index (κ1) is 15.6. The molecule has 0 unspecified atom stereocenters. The number of alkyl carbamates (subject to hydrolysis) is 1. The molecule has 0 aliphatic heterocycles. The largest absolute Gasteiger partial charge is 0.445 e. The number of fused-ring (bicyclic) bond motifs is 1. The van der Waals surface area contributed by atoms with Gasteiger partial charge in [0.15, 0.2) is 0 Å². The van der Waals surface area contributed by atoms with Crippen LogP contribution >= 0.6 is 0 Å². The van der Waals surface area contributed by atoms with Crippen molar-refractivity contribution >= 4 is 22.8 Å². The van der Waals surface area contributed by atoms with E-state index < -0.39 is 6.09 Å². The number of amides is 2. The number of ether oxygens (including phenoxy) is 1. The van der Waals surface area contributed by atoms with Gasteiger partial charge in [-0.25, -0.2) is 4.79 Å². The standard InChI is InChI=1S/C17H18N2O3/c1-2-12-22-17(21)19-11-10-18-16(20)15-9-5-7-13-6-3-4-8-14(13)15/h2-9H,1,10-12H2,(H,18,20)(H,19,21). The van der Waals surface area contributed by atoms with E-state index in [4.69, 9.17) is 4.74 Å². The van der Waals surface area contributed by atoms with Gasteiger partial charge in [-0.2, -0.15) is 0 Å². The molecule has 0 saturated heterocycles. The zero-order valence-electron chi connectivity index (χ0n) is 12.2. The number of benzene rings is 2. The number of hydrogen-bond acceptors (Lipinski definition) is 3. The summed E-state index contributed by atoms with van der Waals surface area (Å²) in [5.41, 5.74) is 0.618. The van der Waals surface area contributed by atoms with Gasteiger partial charge in [0, 0.05) is 18.7 Å². The summed E-state index contributed by atoms with van der Waals surface area (Å²) in [6.45, 7) is 4.23. The maximum absolute atomic E-state index is 12.2. The third kappa shape index (κ3) is 4.09. The van der Waals surface area contributed by atoms with Crippen LogP contribution in [-0.2, 0) is 4.74 Å². The molecule has 5 heteroatoms. The van der Waals surface area contributed by atoms with Crippen molar-refractivity contribution in [2.75, 3.05) is 19.7 Å². The molecule has 114 valence electrons. The highest BCUT2D eigenvalue weighted by atomic mass is 16.5. The molecule has 2 aromatic carbocycles. The third-order valence-electron chi connectivity index (χ3n) is 3.05. The number of rotatable bonds is 6. The fraction of sp³-hybridized carbons (Fsp3) is 0.176. The summed E-state index contributed by atoms with van der Waals surface area (Å²) in [7, 11) is 0. The van der Waals surface area contributed by atoms with Crippen molar-refractivity contribution in [3.05, 3.63) is 60.7 Å². The van der Waals surface area contributed by atoms with Crippen molar-refractivity contribution in [3.8, 4) is 0 Å². The van der Waals surface area contributed by atoms with Gasteiger partial charge in [-0.05, 0) is 16.8 Å². The van der Waals surface area contributed by atoms with Crippen LogP contribution in [0.5, 0.6) is 0 Å². The second kappa shape index (κ2) is 7.83. The van der Waals surface area contributed by atoms with E-state index in [1.165, 1.54) is 6.08 Å². The van der Waals surface area contributed by atoms with E-state index in [-0.39, 0.29) is 12.5 Å². The number of carbonyl (C=O) groups excluding carboxylic acids is 2. The lowest BCUT2D eigenvalue weighted by Gasteiger charge is -2.09. The topological polar surface area (TPSA) is 67.4 Å². The Hall–Kier alpha value is -2.82. The molecule has 0 aromatic heterocycles. The van der Waals surface area contributed by atoms with Crippen LogP contribution in [0.25, 0.3) is 10.8 Å². The molecule has 5 nitrogen and oxygen atoms in total. The van der Waals surface area contributed by atoms with Crippen molar-refractivity contribution in [2.45, 2.75) is 0 Å². The number of nitrogens with one attached hydrogen (secondary N) is 2. The quantitative estimate of drug-likeness (QED) is 0.636. The minimum atomic E-state index is -0.528. The number of carbonyl (C=O) groups is 2.